The predicted octanol–water partition coefficient (Wildman–Crippen LogP) is 2.60. The lowest BCUT2D eigenvalue weighted by atomic mass is 10.1. The summed E-state index contributed by atoms with van der Waals surface area (Å²) in [6.07, 6.45) is 3.61. The standard InChI is InChI=1S/C15H18N4O4/c1-9-5-12(17-10(2)11-7-16-18(3)8-11)6-13(15(20)23-4)14(9)19(21)22/h5-8,10,17H,1-4H3. The van der Waals surface area contributed by atoms with Gasteiger partial charge in [-0.3, -0.25) is 14.8 Å². The highest BCUT2D eigenvalue weighted by molar-refractivity contribution is 5.95. The Labute approximate surface area is 133 Å². The lowest BCUT2D eigenvalue weighted by molar-refractivity contribution is -0.385. The molecule has 2 rings (SSSR count). The van der Waals surface area contributed by atoms with Gasteiger partial charge in [0.15, 0.2) is 0 Å². The fourth-order valence-electron chi connectivity index (χ4n) is 2.37. The minimum Gasteiger partial charge on any atom is -0.465 e. The van der Waals surface area contributed by atoms with Gasteiger partial charge in [0.1, 0.15) is 5.56 Å². The van der Waals surface area contributed by atoms with E-state index >= 15 is 0 Å². The molecule has 0 spiro atoms. The number of nitrogens with one attached hydrogen (secondary N) is 1. The number of esters is 1. The Morgan fingerprint density at radius 3 is 2.70 bits per heavy atom. The Morgan fingerprint density at radius 2 is 2.17 bits per heavy atom. The normalized spacial score (nSPS) is 11.8. The highest BCUT2D eigenvalue weighted by Crippen LogP contribution is 2.30. The van der Waals surface area contributed by atoms with Crippen LogP contribution in [0.25, 0.3) is 0 Å². The van der Waals surface area contributed by atoms with E-state index < -0.39 is 10.9 Å². The molecule has 1 aromatic carbocycles. The number of aromatic nitrogens is 2. The number of nitro groups is 1. The van der Waals surface area contributed by atoms with Crippen LogP contribution in [0.15, 0.2) is 24.5 Å². The molecule has 8 nitrogen and oxygen atoms in total. The summed E-state index contributed by atoms with van der Waals surface area (Å²) >= 11 is 0. The number of methoxy groups -OCH3 is 1. The summed E-state index contributed by atoms with van der Waals surface area (Å²) in [6, 6.07) is 3.00. The van der Waals surface area contributed by atoms with Crippen molar-refractivity contribution < 1.29 is 14.5 Å². The summed E-state index contributed by atoms with van der Waals surface area (Å²) in [5.74, 6) is -0.738. The summed E-state index contributed by atoms with van der Waals surface area (Å²) in [6.45, 7) is 3.52. The fourth-order valence-corrected chi connectivity index (χ4v) is 2.37. The average Bonchev–Trinajstić information content (AvgIpc) is 2.92. The van der Waals surface area contributed by atoms with E-state index in [0.717, 1.165) is 5.56 Å². The number of hydrogen-bond acceptors (Lipinski definition) is 6. The second-order valence-corrected chi connectivity index (χ2v) is 5.25. The van der Waals surface area contributed by atoms with Crippen LogP contribution in [-0.2, 0) is 11.8 Å². The van der Waals surface area contributed by atoms with Crippen LogP contribution in [0.3, 0.4) is 0 Å². The quantitative estimate of drug-likeness (QED) is 0.517. The van der Waals surface area contributed by atoms with Crippen molar-refractivity contribution in [3.63, 3.8) is 0 Å². The zero-order valence-corrected chi connectivity index (χ0v) is 13.4. The van der Waals surface area contributed by atoms with E-state index in [9.17, 15) is 14.9 Å². The average molecular weight is 318 g/mol. The first-order valence-corrected chi connectivity index (χ1v) is 6.96. The molecule has 122 valence electrons. The second kappa shape index (κ2) is 6.47. The maximum absolute atomic E-state index is 11.8. The molecule has 1 N–H and O–H groups in total. The largest absolute Gasteiger partial charge is 0.465 e. The van der Waals surface area contributed by atoms with E-state index in [1.807, 2.05) is 20.2 Å². The van der Waals surface area contributed by atoms with Crippen molar-refractivity contribution in [2.24, 2.45) is 7.05 Å². The number of ether oxygens (including phenoxy) is 1. The van der Waals surface area contributed by atoms with E-state index in [0.29, 0.717) is 11.3 Å². The number of carbonyl (C=O) groups is 1. The number of anilines is 1. The molecule has 0 aliphatic rings. The maximum Gasteiger partial charge on any atom is 0.344 e. The number of aryl methyl sites for hydroxylation is 2. The second-order valence-electron chi connectivity index (χ2n) is 5.25. The van der Waals surface area contributed by atoms with Gasteiger partial charge in [-0.05, 0) is 26.0 Å². The van der Waals surface area contributed by atoms with Crippen LogP contribution in [0, 0.1) is 17.0 Å². The van der Waals surface area contributed by atoms with Crippen molar-refractivity contribution in [1.82, 2.24) is 9.78 Å². The summed E-state index contributed by atoms with van der Waals surface area (Å²) in [4.78, 5) is 22.4. The first-order valence-electron chi connectivity index (χ1n) is 6.96. The molecule has 0 amide bonds. The molecule has 0 radical (unpaired) electrons. The van der Waals surface area contributed by atoms with Crippen LogP contribution in [0.5, 0.6) is 0 Å². The lowest BCUT2D eigenvalue weighted by Crippen LogP contribution is -2.11. The number of carbonyl (C=O) groups excluding carboxylic acids is 1. The molecule has 1 unspecified atom stereocenters. The van der Waals surface area contributed by atoms with Gasteiger partial charge in [0.05, 0.1) is 24.3 Å². The number of hydrogen-bond donors (Lipinski definition) is 1. The molecule has 1 heterocycles. The highest BCUT2D eigenvalue weighted by atomic mass is 16.6. The van der Waals surface area contributed by atoms with Crippen LogP contribution < -0.4 is 5.32 Å². The van der Waals surface area contributed by atoms with Crippen molar-refractivity contribution in [1.29, 1.82) is 0 Å². The van der Waals surface area contributed by atoms with Crippen molar-refractivity contribution in [3.8, 4) is 0 Å². The molecule has 0 aliphatic carbocycles. The summed E-state index contributed by atoms with van der Waals surface area (Å²) in [5.41, 5.74) is 1.64. The number of benzene rings is 1. The van der Waals surface area contributed by atoms with Crippen LogP contribution in [0.2, 0.25) is 0 Å². The first kappa shape index (κ1) is 16.5. The molecular formula is C15H18N4O4. The molecular weight excluding hydrogens is 300 g/mol. The SMILES string of the molecule is COC(=O)c1cc(NC(C)c2cnn(C)c2)cc(C)c1[N+](=O)[O-]. The summed E-state index contributed by atoms with van der Waals surface area (Å²) < 4.78 is 6.33. The van der Waals surface area contributed by atoms with E-state index in [2.05, 4.69) is 15.2 Å². The van der Waals surface area contributed by atoms with E-state index in [-0.39, 0.29) is 17.3 Å². The molecule has 0 aliphatic heterocycles. The molecule has 8 heteroatoms. The minimum absolute atomic E-state index is 0.0709. The number of nitrogens with zero attached hydrogens (tertiary/aromatic N) is 3. The first-order chi connectivity index (χ1) is 10.8. The summed E-state index contributed by atoms with van der Waals surface area (Å²) in [5, 5.41) is 18.5. The van der Waals surface area contributed by atoms with Crippen LogP contribution >= 0.6 is 0 Å². The third kappa shape index (κ3) is 3.47. The fraction of sp³-hybridized carbons (Fsp3) is 0.333. The zero-order chi connectivity index (χ0) is 17.1. The zero-order valence-electron chi connectivity index (χ0n) is 13.4. The monoisotopic (exact) mass is 318 g/mol. The molecule has 1 atom stereocenters. The lowest BCUT2D eigenvalue weighted by Gasteiger charge is -2.15. The van der Waals surface area contributed by atoms with E-state index in [1.54, 1.807) is 23.9 Å². The molecule has 1 aromatic heterocycles. The molecule has 0 bridgehead atoms. The van der Waals surface area contributed by atoms with Crippen LogP contribution in [-0.4, -0.2) is 27.8 Å². The smallest absolute Gasteiger partial charge is 0.344 e. The minimum atomic E-state index is -0.738. The Morgan fingerprint density at radius 1 is 1.48 bits per heavy atom. The van der Waals surface area contributed by atoms with Crippen LogP contribution in [0.4, 0.5) is 11.4 Å². The molecule has 2 aromatic rings. The van der Waals surface area contributed by atoms with Gasteiger partial charge in [-0.25, -0.2) is 4.79 Å². The van der Waals surface area contributed by atoms with Gasteiger partial charge >= 0.3 is 5.97 Å². The van der Waals surface area contributed by atoms with Gasteiger partial charge in [-0.15, -0.1) is 0 Å². The van der Waals surface area contributed by atoms with Crippen molar-refractivity contribution in [3.05, 3.63) is 51.3 Å². The van der Waals surface area contributed by atoms with Gasteiger partial charge in [-0.2, -0.15) is 5.10 Å². The Kier molecular flexibility index (Phi) is 4.63. The van der Waals surface area contributed by atoms with Crippen molar-refractivity contribution >= 4 is 17.3 Å². The number of rotatable bonds is 5. The Bertz CT molecular complexity index is 754. The van der Waals surface area contributed by atoms with E-state index in [1.165, 1.54) is 13.2 Å². The van der Waals surface area contributed by atoms with Gasteiger partial charge in [0, 0.05) is 30.1 Å². The third-order valence-electron chi connectivity index (χ3n) is 3.50. The predicted molar refractivity (Wildman–Crippen MR) is 84.4 cm³/mol. The molecule has 0 saturated carbocycles. The highest BCUT2D eigenvalue weighted by Gasteiger charge is 2.25. The molecule has 23 heavy (non-hydrogen) atoms. The third-order valence-corrected chi connectivity index (χ3v) is 3.50. The summed E-state index contributed by atoms with van der Waals surface area (Å²) in [7, 11) is 3.02. The van der Waals surface area contributed by atoms with Gasteiger partial charge in [0.2, 0.25) is 0 Å². The topological polar surface area (TPSA) is 99.3 Å². The molecule has 0 saturated heterocycles. The maximum atomic E-state index is 11.8. The van der Waals surface area contributed by atoms with Crippen molar-refractivity contribution in [2.45, 2.75) is 19.9 Å². The van der Waals surface area contributed by atoms with Gasteiger partial charge in [-0.1, -0.05) is 0 Å². The van der Waals surface area contributed by atoms with Gasteiger partial charge in [0.25, 0.3) is 5.69 Å². The Hall–Kier alpha value is -2.90. The van der Waals surface area contributed by atoms with Crippen molar-refractivity contribution in [2.75, 3.05) is 12.4 Å². The Balaban J connectivity index is 2.38. The number of nitro benzene ring substituents is 1. The molecule has 0 fully saturated rings. The van der Waals surface area contributed by atoms with E-state index in [4.69, 9.17) is 0 Å². The van der Waals surface area contributed by atoms with Crippen LogP contribution in [0.1, 0.15) is 34.5 Å². The van der Waals surface area contributed by atoms with Gasteiger partial charge < -0.3 is 10.1 Å².